The van der Waals surface area contributed by atoms with Crippen LogP contribution in [0.4, 0.5) is 10.1 Å². The molecule has 0 radical (unpaired) electrons. The molecule has 2 amide bonds. The van der Waals surface area contributed by atoms with Crippen LogP contribution < -0.4 is 20.1 Å². The zero-order valence-corrected chi connectivity index (χ0v) is 18.0. The van der Waals surface area contributed by atoms with Gasteiger partial charge in [-0.15, -0.1) is 0 Å². The van der Waals surface area contributed by atoms with Gasteiger partial charge in [0, 0.05) is 5.69 Å². The van der Waals surface area contributed by atoms with Crippen LogP contribution in [0, 0.1) is 5.82 Å². The summed E-state index contributed by atoms with van der Waals surface area (Å²) in [6, 6.07) is 10.7. The summed E-state index contributed by atoms with van der Waals surface area (Å²) >= 11 is 0. The predicted octanol–water partition coefficient (Wildman–Crippen LogP) is 2.71. The molecule has 174 valence electrons. The Bertz CT molecular complexity index is 1030. The van der Waals surface area contributed by atoms with Crippen molar-refractivity contribution in [3.8, 4) is 11.5 Å². The number of esters is 1. The van der Waals surface area contributed by atoms with E-state index in [-0.39, 0.29) is 6.54 Å². The van der Waals surface area contributed by atoms with Gasteiger partial charge in [0.25, 0.3) is 5.91 Å². The fourth-order valence-corrected chi connectivity index (χ4v) is 4.17. The molecule has 2 aromatic rings. The van der Waals surface area contributed by atoms with Crippen LogP contribution in [0.2, 0.25) is 0 Å². The molecule has 2 aliphatic rings. The summed E-state index contributed by atoms with van der Waals surface area (Å²) in [4.78, 5) is 37.2. The molecule has 33 heavy (non-hydrogen) atoms. The Hall–Kier alpha value is -3.62. The van der Waals surface area contributed by atoms with Crippen molar-refractivity contribution in [3.63, 3.8) is 0 Å². The third-order valence-corrected chi connectivity index (χ3v) is 5.85. The molecule has 9 heteroatoms. The SMILES string of the molecule is O=C(COC(=O)C1(c2ccc3c(c2)OCCO3)CCCC1)NCC(=O)Nc1ccc(F)cc1. The second-order valence-corrected chi connectivity index (χ2v) is 8.06. The molecule has 4 rings (SSSR count). The third kappa shape index (κ3) is 5.24. The van der Waals surface area contributed by atoms with Crippen molar-refractivity contribution in [2.75, 3.05) is 31.7 Å². The first-order chi connectivity index (χ1) is 16.0. The number of carbonyl (C=O) groups is 3. The Labute approximate surface area is 190 Å². The van der Waals surface area contributed by atoms with Gasteiger partial charge in [0.1, 0.15) is 19.0 Å². The molecule has 2 aromatic carbocycles. The van der Waals surface area contributed by atoms with Crippen LogP contribution in [-0.4, -0.2) is 44.1 Å². The van der Waals surface area contributed by atoms with Crippen molar-refractivity contribution in [3.05, 3.63) is 53.8 Å². The number of amides is 2. The number of fused-ring (bicyclic) bond motifs is 1. The number of hydrogen-bond acceptors (Lipinski definition) is 6. The summed E-state index contributed by atoms with van der Waals surface area (Å²) in [6.07, 6.45) is 2.99. The van der Waals surface area contributed by atoms with Crippen molar-refractivity contribution in [2.24, 2.45) is 0 Å². The summed E-state index contributed by atoms with van der Waals surface area (Å²) in [7, 11) is 0. The average molecular weight is 456 g/mol. The number of carbonyl (C=O) groups excluding carboxylic acids is 3. The fraction of sp³-hybridized carbons (Fsp3) is 0.375. The standard InChI is InChI=1S/C24H25FN2O6/c25-17-4-6-18(7-5-17)27-21(28)14-26-22(29)15-33-23(30)24(9-1-2-10-24)16-3-8-19-20(13-16)32-12-11-31-19/h3-8,13H,1-2,9-12,14-15H2,(H,26,29)(H,27,28). The lowest BCUT2D eigenvalue weighted by Crippen LogP contribution is -2.39. The van der Waals surface area contributed by atoms with E-state index in [9.17, 15) is 18.8 Å². The quantitative estimate of drug-likeness (QED) is 0.621. The van der Waals surface area contributed by atoms with Gasteiger partial charge in [-0.1, -0.05) is 18.9 Å². The van der Waals surface area contributed by atoms with E-state index >= 15 is 0 Å². The Morgan fingerprint density at radius 1 is 0.939 bits per heavy atom. The molecule has 1 aliphatic heterocycles. The van der Waals surface area contributed by atoms with Crippen molar-refractivity contribution in [2.45, 2.75) is 31.1 Å². The van der Waals surface area contributed by atoms with Crippen LogP contribution in [0.3, 0.4) is 0 Å². The van der Waals surface area contributed by atoms with Crippen LogP contribution in [-0.2, 0) is 24.5 Å². The minimum absolute atomic E-state index is 0.304. The summed E-state index contributed by atoms with van der Waals surface area (Å²) in [5.74, 6) is -0.715. The first-order valence-electron chi connectivity index (χ1n) is 10.9. The maximum atomic E-state index is 13.1. The average Bonchev–Trinajstić information content (AvgIpc) is 3.34. The number of anilines is 1. The molecule has 1 aliphatic carbocycles. The van der Waals surface area contributed by atoms with E-state index < -0.39 is 35.6 Å². The number of rotatable bonds is 7. The van der Waals surface area contributed by atoms with Crippen LogP contribution in [0.1, 0.15) is 31.2 Å². The lowest BCUT2D eigenvalue weighted by atomic mass is 9.78. The number of hydrogen-bond donors (Lipinski definition) is 2. The Balaban J connectivity index is 1.31. The molecule has 1 fully saturated rings. The lowest BCUT2D eigenvalue weighted by molar-refractivity contribution is -0.154. The van der Waals surface area contributed by atoms with Gasteiger partial charge < -0.3 is 24.8 Å². The summed E-state index contributed by atoms with van der Waals surface area (Å²) in [5.41, 5.74) is 0.355. The van der Waals surface area contributed by atoms with E-state index in [1.54, 1.807) is 6.07 Å². The predicted molar refractivity (Wildman–Crippen MR) is 117 cm³/mol. The van der Waals surface area contributed by atoms with Crippen LogP contribution in [0.15, 0.2) is 42.5 Å². The van der Waals surface area contributed by atoms with Gasteiger partial charge in [-0.2, -0.15) is 0 Å². The van der Waals surface area contributed by atoms with Gasteiger partial charge >= 0.3 is 5.97 Å². The third-order valence-electron chi connectivity index (χ3n) is 5.85. The topological polar surface area (TPSA) is 103 Å². The summed E-state index contributed by atoms with van der Waals surface area (Å²) < 4.78 is 29.5. The maximum Gasteiger partial charge on any atom is 0.317 e. The molecule has 0 atom stereocenters. The zero-order valence-electron chi connectivity index (χ0n) is 18.0. The van der Waals surface area contributed by atoms with E-state index in [0.717, 1.165) is 18.4 Å². The van der Waals surface area contributed by atoms with Crippen LogP contribution >= 0.6 is 0 Å². The second kappa shape index (κ2) is 9.89. The van der Waals surface area contributed by atoms with Gasteiger partial charge in [-0.3, -0.25) is 14.4 Å². The highest BCUT2D eigenvalue weighted by molar-refractivity contribution is 5.95. The molecule has 2 N–H and O–H groups in total. The Kier molecular flexibility index (Phi) is 6.76. The highest BCUT2D eigenvalue weighted by Gasteiger charge is 2.45. The highest BCUT2D eigenvalue weighted by atomic mass is 19.1. The van der Waals surface area contributed by atoms with E-state index in [4.69, 9.17) is 14.2 Å². The smallest absolute Gasteiger partial charge is 0.317 e. The van der Waals surface area contributed by atoms with E-state index in [1.165, 1.54) is 24.3 Å². The first-order valence-corrected chi connectivity index (χ1v) is 10.9. The normalized spacial score (nSPS) is 16.0. The molecule has 1 saturated carbocycles. The van der Waals surface area contributed by atoms with Gasteiger partial charge in [0.15, 0.2) is 18.1 Å². The van der Waals surface area contributed by atoms with Crippen molar-refractivity contribution < 1.29 is 33.0 Å². The Morgan fingerprint density at radius 2 is 1.64 bits per heavy atom. The molecule has 0 saturated heterocycles. The lowest BCUT2D eigenvalue weighted by Gasteiger charge is -2.28. The van der Waals surface area contributed by atoms with Crippen molar-refractivity contribution in [1.29, 1.82) is 0 Å². The largest absolute Gasteiger partial charge is 0.486 e. The minimum atomic E-state index is -0.837. The van der Waals surface area contributed by atoms with Crippen molar-refractivity contribution >= 4 is 23.5 Å². The molecule has 0 unspecified atom stereocenters. The maximum absolute atomic E-state index is 13.1. The first kappa shape index (κ1) is 22.6. The van der Waals surface area contributed by atoms with Crippen LogP contribution in [0.25, 0.3) is 0 Å². The number of benzene rings is 2. The van der Waals surface area contributed by atoms with E-state index in [1.807, 2.05) is 12.1 Å². The minimum Gasteiger partial charge on any atom is -0.486 e. The van der Waals surface area contributed by atoms with Crippen LogP contribution in [0.5, 0.6) is 11.5 Å². The molecule has 0 aromatic heterocycles. The van der Waals surface area contributed by atoms with Gasteiger partial charge in [-0.25, -0.2) is 4.39 Å². The van der Waals surface area contributed by atoms with Gasteiger partial charge in [0.05, 0.1) is 12.0 Å². The number of halogens is 1. The highest BCUT2D eigenvalue weighted by Crippen LogP contribution is 2.45. The zero-order chi connectivity index (χ0) is 23.3. The molecular formula is C24H25FN2O6. The molecule has 0 bridgehead atoms. The fourth-order valence-electron chi connectivity index (χ4n) is 4.17. The molecule has 8 nitrogen and oxygen atoms in total. The summed E-state index contributed by atoms with van der Waals surface area (Å²) in [5, 5.41) is 4.95. The molecular weight excluding hydrogens is 431 g/mol. The van der Waals surface area contributed by atoms with E-state index in [0.29, 0.717) is 43.2 Å². The monoisotopic (exact) mass is 456 g/mol. The summed E-state index contributed by atoms with van der Waals surface area (Å²) in [6.45, 7) is 0.134. The van der Waals surface area contributed by atoms with Gasteiger partial charge in [0.2, 0.25) is 5.91 Å². The second-order valence-electron chi connectivity index (χ2n) is 8.06. The van der Waals surface area contributed by atoms with E-state index in [2.05, 4.69) is 10.6 Å². The molecule has 1 heterocycles. The molecule has 0 spiro atoms. The van der Waals surface area contributed by atoms with Gasteiger partial charge in [-0.05, 0) is 54.8 Å². The number of nitrogens with one attached hydrogen (secondary N) is 2. The Morgan fingerprint density at radius 3 is 2.36 bits per heavy atom. The van der Waals surface area contributed by atoms with Crippen molar-refractivity contribution in [1.82, 2.24) is 5.32 Å². The number of ether oxygens (including phenoxy) is 3.